The lowest BCUT2D eigenvalue weighted by Gasteiger charge is -2.06. The Balaban J connectivity index is 2.90. The maximum Gasteiger partial charge on any atom is 0.307 e. The molecule has 0 bridgehead atoms. The van der Waals surface area contributed by atoms with Crippen molar-refractivity contribution < 1.29 is 14.7 Å². The van der Waals surface area contributed by atoms with Crippen LogP contribution in [-0.2, 0) is 22.4 Å². The lowest BCUT2D eigenvalue weighted by atomic mass is 9.99. The summed E-state index contributed by atoms with van der Waals surface area (Å²) in [6.45, 7) is 1.92. The molecule has 0 amide bonds. The number of halogens is 1. The fourth-order valence-corrected chi connectivity index (χ4v) is 1.66. The molecule has 4 heteroatoms. The minimum atomic E-state index is -0.860. The summed E-state index contributed by atoms with van der Waals surface area (Å²) in [5, 5.41) is 9.01. The van der Waals surface area contributed by atoms with Crippen LogP contribution in [0.25, 0.3) is 0 Å². The number of ketones is 1. The molecule has 0 atom stereocenters. The topological polar surface area (TPSA) is 54.4 Å². The zero-order valence-corrected chi connectivity index (χ0v) is 10.6. The Morgan fingerprint density at radius 1 is 1.31 bits per heavy atom. The summed E-state index contributed by atoms with van der Waals surface area (Å²) in [6.07, 6.45) is 0.348. The van der Waals surface area contributed by atoms with Crippen molar-refractivity contribution in [2.45, 2.75) is 19.8 Å². The third-order valence-electron chi connectivity index (χ3n) is 2.31. The zero-order chi connectivity index (χ0) is 12.1. The Morgan fingerprint density at radius 3 is 2.56 bits per heavy atom. The highest BCUT2D eigenvalue weighted by molar-refractivity contribution is 9.09. The second-order valence-corrected chi connectivity index (χ2v) is 4.24. The molecule has 1 aromatic carbocycles. The largest absolute Gasteiger partial charge is 0.481 e. The van der Waals surface area contributed by atoms with Crippen LogP contribution in [0.4, 0.5) is 0 Å². The van der Waals surface area contributed by atoms with Gasteiger partial charge in [-0.1, -0.05) is 34.1 Å². The van der Waals surface area contributed by atoms with Crippen LogP contribution in [0.2, 0.25) is 0 Å². The van der Waals surface area contributed by atoms with Crippen molar-refractivity contribution in [3.05, 3.63) is 34.9 Å². The molecule has 0 aliphatic rings. The van der Waals surface area contributed by atoms with Gasteiger partial charge in [-0.3, -0.25) is 9.59 Å². The predicted octanol–water partition coefficient (Wildman–Crippen LogP) is 2.13. The second-order valence-electron chi connectivity index (χ2n) is 3.68. The summed E-state index contributed by atoms with van der Waals surface area (Å²) in [6, 6.07) is 5.44. The summed E-state index contributed by atoms with van der Waals surface area (Å²) in [4.78, 5) is 21.9. The van der Waals surface area contributed by atoms with Crippen molar-refractivity contribution in [3.8, 4) is 0 Å². The van der Waals surface area contributed by atoms with E-state index in [1.165, 1.54) is 0 Å². The number of rotatable bonds is 5. The molecule has 0 saturated heterocycles. The first kappa shape index (κ1) is 12.9. The highest BCUT2D eigenvalue weighted by Crippen LogP contribution is 2.13. The first-order valence-corrected chi connectivity index (χ1v) is 6.03. The number of alkyl halides is 1. The first-order chi connectivity index (χ1) is 7.52. The molecule has 0 saturated carbocycles. The standard InChI is InChI=1S/C12H13BrO3/c1-8-2-3-9(5-12(15)16)4-10(8)6-11(14)7-13/h2-4H,5-7H2,1H3,(H,15,16). The monoisotopic (exact) mass is 284 g/mol. The van der Waals surface area contributed by atoms with Crippen LogP contribution in [0.15, 0.2) is 18.2 Å². The normalized spacial score (nSPS) is 10.1. The van der Waals surface area contributed by atoms with Gasteiger partial charge in [0.25, 0.3) is 0 Å². The summed E-state index contributed by atoms with van der Waals surface area (Å²) in [5.41, 5.74) is 2.65. The molecule has 3 nitrogen and oxygen atoms in total. The van der Waals surface area contributed by atoms with Gasteiger partial charge in [0.2, 0.25) is 0 Å². The number of carboxylic acids is 1. The van der Waals surface area contributed by atoms with E-state index in [0.717, 1.165) is 16.7 Å². The molecule has 0 radical (unpaired) electrons. The Hall–Kier alpha value is -1.16. The lowest BCUT2D eigenvalue weighted by Crippen LogP contribution is -2.07. The molecule has 1 rings (SSSR count). The van der Waals surface area contributed by atoms with Crippen molar-refractivity contribution >= 4 is 27.7 Å². The Bertz CT molecular complexity index is 413. The zero-order valence-electron chi connectivity index (χ0n) is 9.00. The summed E-state index contributed by atoms with van der Waals surface area (Å²) >= 11 is 3.11. The smallest absolute Gasteiger partial charge is 0.307 e. The number of Topliss-reactive ketones (excluding diaryl/α,β-unsaturated/α-hetero) is 1. The van der Waals surface area contributed by atoms with Crippen LogP contribution < -0.4 is 0 Å². The van der Waals surface area contributed by atoms with Crippen LogP contribution in [0.1, 0.15) is 16.7 Å². The Morgan fingerprint density at radius 2 is 2.00 bits per heavy atom. The highest BCUT2D eigenvalue weighted by Gasteiger charge is 2.07. The van der Waals surface area contributed by atoms with Crippen molar-refractivity contribution in [2.75, 3.05) is 5.33 Å². The van der Waals surface area contributed by atoms with Crippen LogP contribution in [0.3, 0.4) is 0 Å². The molecule has 0 aliphatic carbocycles. The van der Waals surface area contributed by atoms with Gasteiger partial charge in [0.05, 0.1) is 11.8 Å². The van der Waals surface area contributed by atoms with Crippen molar-refractivity contribution in [2.24, 2.45) is 0 Å². The number of aliphatic carboxylic acids is 1. The third-order valence-corrected chi connectivity index (χ3v) is 2.93. The molecular weight excluding hydrogens is 272 g/mol. The van der Waals surface area contributed by atoms with Gasteiger partial charge in [0, 0.05) is 6.42 Å². The van der Waals surface area contributed by atoms with E-state index < -0.39 is 5.97 Å². The number of benzene rings is 1. The van der Waals surface area contributed by atoms with Gasteiger partial charge < -0.3 is 5.11 Å². The molecule has 0 aliphatic heterocycles. The van der Waals surface area contributed by atoms with E-state index >= 15 is 0 Å². The van der Waals surface area contributed by atoms with Crippen LogP contribution in [-0.4, -0.2) is 22.2 Å². The van der Waals surface area contributed by atoms with Crippen molar-refractivity contribution in [1.82, 2.24) is 0 Å². The minimum Gasteiger partial charge on any atom is -0.481 e. The Kier molecular flexibility index (Phi) is 4.68. The fraction of sp³-hybridized carbons (Fsp3) is 0.333. The van der Waals surface area contributed by atoms with E-state index in [2.05, 4.69) is 15.9 Å². The Labute approximate surface area is 103 Å². The van der Waals surface area contributed by atoms with Gasteiger partial charge in [-0.15, -0.1) is 0 Å². The molecule has 0 unspecified atom stereocenters. The first-order valence-electron chi connectivity index (χ1n) is 4.90. The molecule has 1 N–H and O–H groups in total. The summed E-state index contributed by atoms with van der Waals surface area (Å²) < 4.78 is 0. The van der Waals surface area contributed by atoms with E-state index in [1.807, 2.05) is 13.0 Å². The lowest BCUT2D eigenvalue weighted by molar-refractivity contribution is -0.136. The number of carbonyl (C=O) groups is 2. The SMILES string of the molecule is Cc1ccc(CC(=O)O)cc1CC(=O)CBr. The number of carboxylic acid groups (broad SMARTS) is 1. The van der Waals surface area contributed by atoms with Gasteiger partial charge in [-0.2, -0.15) is 0 Å². The van der Waals surface area contributed by atoms with Gasteiger partial charge in [-0.05, 0) is 23.6 Å². The number of carbonyl (C=O) groups excluding carboxylic acids is 1. The van der Waals surface area contributed by atoms with Crippen LogP contribution in [0.5, 0.6) is 0 Å². The summed E-state index contributed by atoms with van der Waals surface area (Å²) in [5.74, 6) is -0.766. The van der Waals surface area contributed by atoms with Crippen molar-refractivity contribution in [3.63, 3.8) is 0 Å². The van der Waals surface area contributed by atoms with Gasteiger partial charge in [0.15, 0.2) is 0 Å². The second kappa shape index (κ2) is 5.80. The third kappa shape index (κ3) is 3.77. The number of hydrogen-bond donors (Lipinski definition) is 1. The average molecular weight is 285 g/mol. The molecule has 0 fully saturated rings. The van der Waals surface area contributed by atoms with Gasteiger partial charge in [-0.25, -0.2) is 0 Å². The molecule has 16 heavy (non-hydrogen) atoms. The molecule has 0 heterocycles. The average Bonchev–Trinajstić information content (AvgIpc) is 2.22. The van der Waals surface area contributed by atoms with E-state index in [0.29, 0.717) is 11.8 Å². The quantitative estimate of drug-likeness (QED) is 0.843. The van der Waals surface area contributed by atoms with Crippen LogP contribution >= 0.6 is 15.9 Å². The number of hydrogen-bond acceptors (Lipinski definition) is 2. The highest BCUT2D eigenvalue weighted by atomic mass is 79.9. The maximum atomic E-state index is 11.3. The van der Waals surface area contributed by atoms with Gasteiger partial charge in [0.1, 0.15) is 5.78 Å². The van der Waals surface area contributed by atoms with E-state index in [9.17, 15) is 9.59 Å². The predicted molar refractivity (Wildman–Crippen MR) is 65.0 cm³/mol. The molecular formula is C12H13BrO3. The van der Waals surface area contributed by atoms with E-state index in [4.69, 9.17) is 5.11 Å². The minimum absolute atomic E-state index is 0.00418. The molecule has 1 aromatic rings. The van der Waals surface area contributed by atoms with E-state index in [1.54, 1.807) is 12.1 Å². The number of aryl methyl sites for hydroxylation is 1. The molecule has 0 aromatic heterocycles. The molecule has 86 valence electrons. The van der Waals surface area contributed by atoms with E-state index in [-0.39, 0.29) is 12.2 Å². The van der Waals surface area contributed by atoms with Gasteiger partial charge >= 0.3 is 5.97 Å². The maximum absolute atomic E-state index is 11.3. The summed E-state index contributed by atoms with van der Waals surface area (Å²) in [7, 11) is 0. The molecule has 0 spiro atoms. The van der Waals surface area contributed by atoms with Crippen molar-refractivity contribution in [1.29, 1.82) is 0 Å². The fourth-order valence-electron chi connectivity index (χ4n) is 1.46. The van der Waals surface area contributed by atoms with Crippen LogP contribution in [0, 0.1) is 6.92 Å².